The molecule has 0 aromatic heterocycles. The highest BCUT2D eigenvalue weighted by atomic mass is 35.5. The van der Waals surface area contributed by atoms with Crippen LogP contribution in [0.3, 0.4) is 0 Å². The van der Waals surface area contributed by atoms with Crippen molar-refractivity contribution in [2.75, 3.05) is 52.4 Å². The monoisotopic (exact) mass is 606 g/mol. The molecule has 1 atom stereocenters. The lowest BCUT2D eigenvalue weighted by Crippen LogP contribution is -2.55. The summed E-state index contributed by atoms with van der Waals surface area (Å²) < 4.78 is 20.2. The van der Waals surface area contributed by atoms with E-state index in [1.165, 1.54) is 28.3 Å². The van der Waals surface area contributed by atoms with Crippen LogP contribution in [0.4, 0.5) is 4.39 Å². The normalized spacial score (nSPS) is 17.7. The van der Waals surface area contributed by atoms with Crippen molar-refractivity contribution in [2.45, 2.75) is 45.7 Å². The van der Waals surface area contributed by atoms with Gasteiger partial charge in [-0.2, -0.15) is 0 Å². The molecule has 2 aliphatic heterocycles. The van der Waals surface area contributed by atoms with Gasteiger partial charge in [-0.25, -0.2) is 4.39 Å². The number of benzene rings is 3. The molecule has 2 fully saturated rings. The zero-order chi connectivity index (χ0) is 30.3. The minimum Gasteiger partial charge on any atom is -0.493 e. The zero-order valence-corrected chi connectivity index (χ0v) is 26.2. The van der Waals surface area contributed by atoms with Crippen molar-refractivity contribution < 1.29 is 13.9 Å². The Labute approximate surface area is 260 Å². The maximum absolute atomic E-state index is 14.5. The minimum atomic E-state index is -0.481. The molecule has 0 bridgehead atoms. The number of nitrogens with zero attached hydrogens (tertiary/aromatic N) is 3. The molecule has 3 aromatic carbocycles. The third kappa shape index (κ3) is 7.76. The third-order valence-electron chi connectivity index (χ3n) is 9.07. The van der Waals surface area contributed by atoms with E-state index in [4.69, 9.17) is 22.1 Å². The van der Waals surface area contributed by atoms with Crippen molar-refractivity contribution >= 4 is 17.5 Å². The van der Waals surface area contributed by atoms with E-state index in [0.717, 1.165) is 43.9 Å². The first-order chi connectivity index (χ1) is 20.8. The number of carbonyl (C=O) groups is 1. The van der Waals surface area contributed by atoms with Crippen LogP contribution in [0.5, 0.6) is 5.75 Å². The second-order valence-electron chi connectivity index (χ2n) is 11.8. The predicted octanol–water partition coefficient (Wildman–Crippen LogP) is 5.78. The fraction of sp³-hybridized carbons (Fsp3) is 0.457. The quantitative estimate of drug-likeness (QED) is 0.317. The SMILES string of the molecule is CCOc1cccc(F)c1CN1CCN(C(=O)[C@H](N)C2CCN(CCc3cc(Cl)ccc3-c3ccccc3C)CC2)CC1. The molecule has 6 nitrogen and oxygen atoms in total. The number of hydrogen-bond acceptors (Lipinski definition) is 5. The molecule has 8 heteroatoms. The second-order valence-corrected chi connectivity index (χ2v) is 12.3. The standard InChI is InChI=1S/C35H44ClFN4O2/c1-3-43-33-10-6-9-32(37)31(33)24-40-19-21-41(22-20-40)35(42)34(38)26-13-16-39(17-14-26)18-15-27-23-28(36)11-12-30(27)29-8-5-4-7-25(29)2/h4-12,23,26,34H,3,13-22,24,38H2,1-2H3/t34-/m1/s1. The number of nitrogens with two attached hydrogens (primary N) is 1. The summed E-state index contributed by atoms with van der Waals surface area (Å²) in [5.74, 6) is 0.564. The van der Waals surface area contributed by atoms with Gasteiger partial charge in [0.1, 0.15) is 11.6 Å². The van der Waals surface area contributed by atoms with Crippen molar-refractivity contribution in [2.24, 2.45) is 11.7 Å². The van der Waals surface area contributed by atoms with Crippen LogP contribution < -0.4 is 10.5 Å². The first-order valence-corrected chi connectivity index (χ1v) is 16.0. The Morgan fingerprint density at radius 2 is 1.72 bits per heavy atom. The maximum atomic E-state index is 14.5. The Balaban J connectivity index is 1.09. The molecule has 0 spiro atoms. The van der Waals surface area contributed by atoms with Crippen LogP contribution in [0, 0.1) is 18.7 Å². The summed E-state index contributed by atoms with van der Waals surface area (Å²) in [7, 11) is 0. The minimum absolute atomic E-state index is 0.0424. The molecule has 3 aromatic rings. The first kappa shape index (κ1) is 31.5. The first-order valence-electron chi connectivity index (χ1n) is 15.6. The summed E-state index contributed by atoms with van der Waals surface area (Å²) in [6, 6.07) is 19.2. The number of hydrogen-bond donors (Lipinski definition) is 1. The third-order valence-corrected chi connectivity index (χ3v) is 9.30. The number of piperidine rings is 1. The van der Waals surface area contributed by atoms with E-state index in [2.05, 4.69) is 53.1 Å². The van der Waals surface area contributed by atoms with Crippen molar-refractivity contribution in [3.63, 3.8) is 0 Å². The van der Waals surface area contributed by atoms with Gasteiger partial charge in [-0.1, -0.05) is 48.0 Å². The zero-order valence-electron chi connectivity index (χ0n) is 25.4. The summed E-state index contributed by atoms with van der Waals surface area (Å²) in [6.45, 7) is 10.4. The van der Waals surface area contributed by atoms with E-state index < -0.39 is 6.04 Å². The summed E-state index contributed by atoms with van der Waals surface area (Å²) in [5.41, 5.74) is 12.2. The molecule has 2 saturated heterocycles. The summed E-state index contributed by atoms with van der Waals surface area (Å²) in [5, 5.41) is 0.763. The highest BCUT2D eigenvalue weighted by molar-refractivity contribution is 6.30. The Morgan fingerprint density at radius 1 is 0.977 bits per heavy atom. The van der Waals surface area contributed by atoms with Crippen LogP contribution in [0.2, 0.25) is 5.02 Å². The lowest BCUT2D eigenvalue weighted by atomic mass is 9.88. The molecule has 5 rings (SSSR count). The smallest absolute Gasteiger partial charge is 0.239 e. The van der Waals surface area contributed by atoms with Gasteiger partial charge >= 0.3 is 0 Å². The largest absolute Gasteiger partial charge is 0.493 e. The molecule has 0 radical (unpaired) electrons. The summed E-state index contributed by atoms with van der Waals surface area (Å²) in [4.78, 5) is 19.9. The highest BCUT2D eigenvalue weighted by Gasteiger charge is 2.33. The predicted molar refractivity (Wildman–Crippen MR) is 172 cm³/mol. The van der Waals surface area contributed by atoms with Crippen LogP contribution >= 0.6 is 11.6 Å². The Hall–Kier alpha value is -2.97. The van der Waals surface area contributed by atoms with E-state index >= 15 is 0 Å². The number of likely N-dealkylation sites (tertiary alicyclic amines) is 1. The molecular weight excluding hydrogens is 563 g/mol. The summed E-state index contributed by atoms with van der Waals surface area (Å²) >= 11 is 6.40. The maximum Gasteiger partial charge on any atom is 0.239 e. The molecule has 230 valence electrons. The molecular formula is C35H44ClFN4O2. The van der Waals surface area contributed by atoms with Gasteiger partial charge < -0.3 is 20.3 Å². The van der Waals surface area contributed by atoms with Crippen LogP contribution in [-0.4, -0.2) is 79.1 Å². The molecule has 2 heterocycles. The van der Waals surface area contributed by atoms with Gasteiger partial charge in [0.2, 0.25) is 5.91 Å². The molecule has 2 aliphatic rings. The Morgan fingerprint density at radius 3 is 2.44 bits per heavy atom. The van der Waals surface area contributed by atoms with Crippen molar-refractivity contribution in [3.05, 3.63) is 88.2 Å². The topological polar surface area (TPSA) is 62.0 Å². The molecule has 43 heavy (non-hydrogen) atoms. The lowest BCUT2D eigenvalue weighted by molar-refractivity contribution is -0.136. The van der Waals surface area contributed by atoms with Gasteiger partial charge in [0, 0.05) is 49.9 Å². The average molecular weight is 607 g/mol. The molecule has 0 unspecified atom stereocenters. The molecule has 0 aliphatic carbocycles. The number of ether oxygens (including phenoxy) is 1. The van der Waals surface area contributed by atoms with Crippen molar-refractivity contribution in [1.29, 1.82) is 0 Å². The second kappa shape index (κ2) is 14.7. The van der Waals surface area contributed by atoms with E-state index in [-0.39, 0.29) is 17.6 Å². The molecule has 2 N–H and O–H groups in total. The fourth-order valence-electron chi connectivity index (χ4n) is 6.47. The van der Waals surface area contributed by atoms with Crippen molar-refractivity contribution in [3.8, 4) is 16.9 Å². The van der Waals surface area contributed by atoms with Gasteiger partial charge in [0.05, 0.1) is 12.6 Å². The van der Waals surface area contributed by atoms with E-state index in [0.29, 0.717) is 50.6 Å². The van der Waals surface area contributed by atoms with E-state index in [9.17, 15) is 9.18 Å². The number of halogens is 2. The van der Waals surface area contributed by atoms with E-state index in [1.54, 1.807) is 6.07 Å². The highest BCUT2D eigenvalue weighted by Crippen LogP contribution is 2.30. The van der Waals surface area contributed by atoms with Crippen molar-refractivity contribution in [1.82, 2.24) is 14.7 Å². The van der Waals surface area contributed by atoms with Gasteiger partial charge in [0.25, 0.3) is 0 Å². The number of aryl methyl sites for hydroxylation is 1. The number of rotatable bonds is 10. The number of piperazine rings is 1. The van der Waals surface area contributed by atoms with Gasteiger partial charge in [-0.3, -0.25) is 9.69 Å². The number of amides is 1. The van der Waals surface area contributed by atoms with E-state index in [1.807, 2.05) is 24.0 Å². The molecule has 1 amide bonds. The molecule has 0 saturated carbocycles. The van der Waals surface area contributed by atoms with Gasteiger partial charge in [-0.15, -0.1) is 0 Å². The van der Waals surface area contributed by atoms with Gasteiger partial charge in [0.15, 0.2) is 0 Å². The Bertz CT molecular complexity index is 1390. The van der Waals surface area contributed by atoms with Crippen LogP contribution in [0.1, 0.15) is 36.5 Å². The lowest BCUT2D eigenvalue weighted by Gasteiger charge is -2.39. The summed E-state index contributed by atoms with van der Waals surface area (Å²) in [6.07, 6.45) is 2.75. The Kier molecular flexibility index (Phi) is 10.7. The number of carbonyl (C=O) groups excluding carboxylic acids is 1. The van der Waals surface area contributed by atoms with Crippen LogP contribution in [-0.2, 0) is 17.8 Å². The fourth-order valence-corrected chi connectivity index (χ4v) is 6.66. The average Bonchev–Trinajstić information content (AvgIpc) is 3.02. The van der Waals surface area contributed by atoms with Crippen LogP contribution in [0.25, 0.3) is 11.1 Å². The van der Waals surface area contributed by atoms with Gasteiger partial charge in [-0.05, 0) is 98.6 Å². The van der Waals surface area contributed by atoms with Crippen LogP contribution in [0.15, 0.2) is 60.7 Å².